The summed E-state index contributed by atoms with van der Waals surface area (Å²) >= 11 is -0.775. The lowest BCUT2D eigenvalue weighted by Crippen LogP contribution is -2.32. The van der Waals surface area contributed by atoms with Crippen LogP contribution >= 0.6 is 0 Å². The lowest BCUT2D eigenvalue weighted by molar-refractivity contribution is 0.162. The minimum Gasteiger partial charge on any atom is -0.498 e. The summed E-state index contributed by atoms with van der Waals surface area (Å²) in [6.07, 6.45) is 4.57. The molecule has 1 aliphatic rings. The van der Waals surface area contributed by atoms with Crippen LogP contribution in [-0.2, 0) is 3.79 Å². The van der Waals surface area contributed by atoms with Crippen LogP contribution in [0.15, 0.2) is 0 Å². The highest BCUT2D eigenvalue weighted by atomic mass is 27.2. The quantitative estimate of drug-likeness (QED) is 0.579. The lowest BCUT2D eigenvalue weighted by Gasteiger charge is -2.28. The summed E-state index contributed by atoms with van der Waals surface area (Å²) in [6.45, 7) is 6.87. The van der Waals surface area contributed by atoms with E-state index in [0.717, 1.165) is 4.78 Å². The molecule has 0 radical (unpaired) electrons. The van der Waals surface area contributed by atoms with E-state index in [-0.39, 0.29) is 0 Å². The Labute approximate surface area is 74.9 Å². The van der Waals surface area contributed by atoms with Crippen LogP contribution in [0.25, 0.3) is 0 Å². The first-order valence-corrected chi connectivity index (χ1v) is 6.85. The summed E-state index contributed by atoms with van der Waals surface area (Å²) in [7, 11) is 0. The predicted molar refractivity (Wildman–Crippen MR) is 50.1 cm³/mol. The van der Waals surface area contributed by atoms with E-state index in [1.807, 2.05) is 0 Å². The SMILES string of the molecule is CCC1CC[CH2][Al]([CH](C)C)[O]1. The molecule has 1 aliphatic heterocycles. The van der Waals surface area contributed by atoms with Crippen molar-refractivity contribution >= 4 is 14.5 Å². The molecule has 1 fully saturated rings. The smallest absolute Gasteiger partial charge is 0.463 e. The summed E-state index contributed by atoms with van der Waals surface area (Å²) in [5.41, 5.74) is 0. The highest BCUT2D eigenvalue weighted by molar-refractivity contribution is 6.53. The van der Waals surface area contributed by atoms with Crippen molar-refractivity contribution in [3.63, 3.8) is 0 Å². The fourth-order valence-electron chi connectivity index (χ4n) is 1.72. The van der Waals surface area contributed by atoms with Gasteiger partial charge in [0.05, 0.1) is 0 Å². The molecule has 0 N–H and O–H groups in total. The van der Waals surface area contributed by atoms with Crippen LogP contribution in [0, 0.1) is 0 Å². The molecule has 2 heteroatoms. The Bertz CT molecular complexity index is 114. The molecular formula is C9H19AlO. The Hall–Kier alpha value is 0.492. The third kappa shape index (κ3) is 2.78. The molecule has 1 nitrogen and oxygen atoms in total. The van der Waals surface area contributed by atoms with Gasteiger partial charge < -0.3 is 3.79 Å². The van der Waals surface area contributed by atoms with Crippen molar-refractivity contribution in [1.82, 2.24) is 0 Å². The normalized spacial score (nSPS) is 26.2. The third-order valence-electron chi connectivity index (χ3n) is 2.58. The van der Waals surface area contributed by atoms with Crippen LogP contribution in [0.1, 0.15) is 40.0 Å². The summed E-state index contributed by atoms with van der Waals surface area (Å²) in [4.78, 5) is 0. The van der Waals surface area contributed by atoms with Crippen molar-refractivity contribution in [3.8, 4) is 0 Å². The Morgan fingerprint density at radius 1 is 1.55 bits per heavy atom. The average Bonchev–Trinajstić information content (AvgIpc) is 2.05. The maximum Gasteiger partial charge on any atom is 0.463 e. The summed E-state index contributed by atoms with van der Waals surface area (Å²) in [5.74, 6) is 0. The number of hydrogen-bond donors (Lipinski definition) is 0. The summed E-state index contributed by atoms with van der Waals surface area (Å²) in [6, 6.07) is 0. The van der Waals surface area contributed by atoms with Gasteiger partial charge in [-0.25, -0.2) is 0 Å². The molecule has 0 aromatic carbocycles. The van der Waals surface area contributed by atoms with Crippen LogP contribution < -0.4 is 0 Å². The molecule has 0 spiro atoms. The molecule has 0 saturated carbocycles. The molecule has 64 valence electrons. The molecule has 1 atom stereocenters. The lowest BCUT2D eigenvalue weighted by atomic mass is 10.2. The second-order valence-electron chi connectivity index (χ2n) is 3.88. The molecule has 0 bridgehead atoms. The largest absolute Gasteiger partial charge is 0.498 e. The maximum atomic E-state index is 6.04. The standard InChI is InChI=1S/C6H12O.C3H7.Al/c1-3-5-6(7)4-2;1-3-2;/h6H,1,3-5H2,2H3;3H,1-2H3;/q-1;;+1. The molecule has 0 aliphatic carbocycles. The van der Waals surface area contributed by atoms with Gasteiger partial charge in [-0.3, -0.25) is 0 Å². The fourth-order valence-corrected chi connectivity index (χ4v) is 4.30. The average molecular weight is 170 g/mol. The van der Waals surface area contributed by atoms with Gasteiger partial charge in [-0.15, -0.1) is 0 Å². The van der Waals surface area contributed by atoms with Crippen LogP contribution in [0.2, 0.25) is 10.1 Å². The zero-order valence-electron chi connectivity index (χ0n) is 7.97. The van der Waals surface area contributed by atoms with Crippen molar-refractivity contribution in [1.29, 1.82) is 0 Å². The van der Waals surface area contributed by atoms with Gasteiger partial charge in [0, 0.05) is 6.10 Å². The molecular weight excluding hydrogens is 151 g/mol. The molecule has 0 amide bonds. The van der Waals surface area contributed by atoms with Crippen LogP contribution in [-0.4, -0.2) is 20.6 Å². The predicted octanol–water partition coefficient (Wildman–Crippen LogP) is 2.98. The van der Waals surface area contributed by atoms with Crippen molar-refractivity contribution in [3.05, 3.63) is 0 Å². The first-order chi connectivity index (χ1) is 5.24. The van der Waals surface area contributed by atoms with E-state index in [0.29, 0.717) is 6.10 Å². The highest BCUT2D eigenvalue weighted by Gasteiger charge is 2.30. The van der Waals surface area contributed by atoms with Crippen molar-refractivity contribution in [2.24, 2.45) is 0 Å². The first-order valence-electron chi connectivity index (χ1n) is 4.89. The molecule has 1 rings (SSSR count). The molecule has 1 heterocycles. The van der Waals surface area contributed by atoms with Crippen molar-refractivity contribution in [2.75, 3.05) is 0 Å². The minimum absolute atomic E-state index is 0.614. The van der Waals surface area contributed by atoms with Gasteiger partial charge >= 0.3 is 14.5 Å². The third-order valence-corrected chi connectivity index (χ3v) is 5.78. The Balaban J connectivity index is 2.33. The number of hydrogen-bond acceptors (Lipinski definition) is 1. The number of rotatable bonds is 2. The zero-order valence-corrected chi connectivity index (χ0v) is 9.12. The van der Waals surface area contributed by atoms with E-state index in [4.69, 9.17) is 3.79 Å². The first kappa shape index (κ1) is 9.58. The van der Waals surface area contributed by atoms with Gasteiger partial charge in [-0.2, -0.15) is 0 Å². The minimum atomic E-state index is -0.775. The van der Waals surface area contributed by atoms with Gasteiger partial charge in [-0.05, 0) is 12.8 Å². The maximum absolute atomic E-state index is 6.04. The second kappa shape index (κ2) is 4.50. The van der Waals surface area contributed by atoms with E-state index < -0.39 is 14.5 Å². The van der Waals surface area contributed by atoms with Crippen molar-refractivity contribution < 1.29 is 3.79 Å². The summed E-state index contributed by atoms with van der Waals surface area (Å²) in [5, 5.41) is 1.41. The topological polar surface area (TPSA) is 9.23 Å². The van der Waals surface area contributed by atoms with E-state index in [1.165, 1.54) is 24.5 Å². The van der Waals surface area contributed by atoms with Gasteiger partial charge in [-0.1, -0.05) is 37.3 Å². The van der Waals surface area contributed by atoms with E-state index in [9.17, 15) is 0 Å². The fraction of sp³-hybridized carbons (Fsp3) is 1.00. The van der Waals surface area contributed by atoms with Crippen LogP contribution in [0.5, 0.6) is 0 Å². The van der Waals surface area contributed by atoms with Gasteiger partial charge in [0.25, 0.3) is 0 Å². The van der Waals surface area contributed by atoms with Crippen molar-refractivity contribution in [2.45, 2.75) is 56.2 Å². The molecule has 1 unspecified atom stereocenters. The Morgan fingerprint density at radius 2 is 2.27 bits per heavy atom. The van der Waals surface area contributed by atoms with E-state index in [2.05, 4.69) is 20.8 Å². The molecule has 11 heavy (non-hydrogen) atoms. The second-order valence-corrected chi connectivity index (χ2v) is 7.14. The molecule has 1 saturated heterocycles. The van der Waals surface area contributed by atoms with Gasteiger partial charge in [0.2, 0.25) is 0 Å². The molecule has 0 aromatic rings. The zero-order chi connectivity index (χ0) is 8.27. The van der Waals surface area contributed by atoms with E-state index >= 15 is 0 Å². The Morgan fingerprint density at radius 3 is 2.82 bits per heavy atom. The monoisotopic (exact) mass is 170 g/mol. The van der Waals surface area contributed by atoms with Gasteiger partial charge in [0.1, 0.15) is 0 Å². The summed E-state index contributed by atoms with van der Waals surface area (Å²) < 4.78 is 6.87. The molecule has 0 aromatic heterocycles. The van der Waals surface area contributed by atoms with Crippen LogP contribution in [0.3, 0.4) is 0 Å². The highest BCUT2D eigenvalue weighted by Crippen LogP contribution is 2.25. The Kier molecular flexibility index (Phi) is 3.92. The van der Waals surface area contributed by atoms with Crippen LogP contribution in [0.4, 0.5) is 0 Å². The van der Waals surface area contributed by atoms with E-state index in [1.54, 1.807) is 0 Å². The van der Waals surface area contributed by atoms with Gasteiger partial charge in [0.15, 0.2) is 0 Å².